The van der Waals surface area contributed by atoms with Crippen LogP contribution in [0.1, 0.15) is 30.4 Å². The molecule has 8 nitrogen and oxygen atoms in total. The number of carbonyl (C=O) groups excluding carboxylic acids is 2. The van der Waals surface area contributed by atoms with Crippen LogP contribution < -0.4 is 4.74 Å². The number of nitrogens with zero attached hydrogens (tertiary/aromatic N) is 3. The molecule has 0 aromatic heterocycles. The number of carbonyl (C=O) groups is 2. The molecule has 8 heteroatoms. The van der Waals surface area contributed by atoms with Crippen molar-refractivity contribution in [2.75, 3.05) is 20.2 Å². The van der Waals surface area contributed by atoms with Crippen LogP contribution in [0.15, 0.2) is 54.2 Å². The second-order valence-corrected chi connectivity index (χ2v) is 7.62. The van der Waals surface area contributed by atoms with Gasteiger partial charge < -0.3 is 9.64 Å². The van der Waals surface area contributed by atoms with E-state index >= 15 is 0 Å². The summed E-state index contributed by atoms with van der Waals surface area (Å²) in [6.45, 7) is 1.57. The maximum atomic E-state index is 13.4. The van der Waals surface area contributed by atoms with Crippen LogP contribution in [0.4, 0.5) is 5.69 Å². The summed E-state index contributed by atoms with van der Waals surface area (Å²) in [6.07, 6.45) is 3.00. The molecule has 4 rings (SSSR count). The number of amides is 2. The van der Waals surface area contributed by atoms with Crippen LogP contribution in [-0.2, 0) is 16.1 Å². The zero-order valence-corrected chi connectivity index (χ0v) is 17.2. The molecule has 0 spiro atoms. The Hall–Kier alpha value is -3.68. The molecule has 1 saturated heterocycles. The maximum absolute atomic E-state index is 13.4. The summed E-state index contributed by atoms with van der Waals surface area (Å²) in [5, 5.41) is 11.0. The monoisotopic (exact) mass is 421 g/mol. The molecule has 31 heavy (non-hydrogen) atoms. The molecule has 0 N–H and O–H groups in total. The van der Waals surface area contributed by atoms with E-state index in [-0.39, 0.29) is 24.0 Å². The molecule has 2 aliphatic heterocycles. The lowest BCUT2D eigenvalue weighted by Gasteiger charge is -2.29. The summed E-state index contributed by atoms with van der Waals surface area (Å²) < 4.78 is 5.17. The Kier molecular flexibility index (Phi) is 5.70. The Bertz CT molecular complexity index is 1040. The second-order valence-electron chi connectivity index (χ2n) is 7.62. The van der Waals surface area contributed by atoms with E-state index in [1.807, 2.05) is 17.0 Å². The molecule has 2 aromatic carbocycles. The Balaban J connectivity index is 1.70. The van der Waals surface area contributed by atoms with E-state index in [9.17, 15) is 19.7 Å². The molecule has 0 unspecified atom stereocenters. The van der Waals surface area contributed by atoms with Crippen molar-refractivity contribution >= 4 is 23.1 Å². The first-order chi connectivity index (χ1) is 15.0. The van der Waals surface area contributed by atoms with Crippen LogP contribution in [-0.4, -0.2) is 46.7 Å². The first kappa shape index (κ1) is 20.6. The lowest BCUT2D eigenvalue weighted by Crippen LogP contribution is -2.36. The first-order valence-corrected chi connectivity index (χ1v) is 10.2. The lowest BCUT2D eigenvalue weighted by molar-refractivity contribution is -0.384. The van der Waals surface area contributed by atoms with Crippen molar-refractivity contribution in [2.24, 2.45) is 0 Å². The van der Waals surface area contributed by atoms with Gasteiger partial charge in [0.05, 0.1) is 24.2 Å². The van der Waals surface area contributed by atoms with Gasteiger partial charge in [-0.15, -0.1) is 0 Å². The van der Waals surface area contributed by atoms with Gasteiger partial charge in [-0.2, -0.15) is 0 Å². The number of likely N-dealkylation sites (tertiary alicyclic amines) is 1. The van der Waals surface area contributed by atoms with Gasteiger partial charge in [-0.05, 0) is 54.7 Å². The molecular formula is C23H23N3O5. The van der Waals surface area contributed by atoms with Crippen LogP contribution in [0, 0.1) is 10.1 Å². The second kappa shape index (κ2) is 8.59. The van der Waals surface area contributed by atoms with E-state index in [2.05, 4.69) is 0 Å². The SMILES string of the molecule is COc1ccc(CN2C(=O)C(c3ccc([N+](=O)[O-])cc3)=C(N3CCCCC3)C2=O)cc1. The van der Waals surface area contributed by atoms with Crippen LogP contribution in [0.25, 0.3) is 5.57 Å². The summed E-state index contributed by atoms with van der Waals surface area (Å²) in [5.41, 5.74) is 1.98. The van der Waals surface area contributed by atoms with Gasteiger partial charge in [0, 0.05) is 25.2 Å². The van der Waals surface area contributed by atoms with Crippen molar-refractivity contribution in [3.05, 3.63) is 75.5 Å². The van der Waals surface area contributed by atoms with Crippen molar-refractivity contribution in [3.8, 4) is 5.75 Å². The van der Waals surface area contributed by atoms with Crippen molar-refractivity contribution in [1.82, 2.24) is 9.80 Å². The molecular weight excluding hydrogens is 398 g/mol. The third-order valence-electron chi connectivity index (χ3n) is 5.68. The standard InChI is InChI=1S/C23H23N3O5/c1-31-19-11-5-16(6-12-19)15-25-22(27)20(17-7-9-18(10-8-17)26(29)30)21(23(25)28)24-13-3-2-4-14-24/h5-12H,2-4,13-15H2,1H3. The van der Waals surface area contributed by atoms with E-state index in [1.54, 1.807) is 31.4 Å². The molecule has 2 aliphatic rings. The number of benzene rings is 2. The Labute approximate surface area is 179 Å². The zero-order valence-electron chi connectivity index (χ0n) is 17.2. The highest BCUT2D eigenvalue weighted by molar-refractivity contribution is 6.35. The average molecular weight is 421 g/mol. The third-order valence-corrected chi connectivity index (χ3v) is 5.68. The van der Waals surface area contributed by atoms with E-state index in [0.29, 0.717) is 35.7 Å². The number of methoxy groups -OCH3 is 1. The Morgan fingerprint density at radius 2 is 1.58 bits per heavy atom. The summed E-state index contributed by atoms with van der Waals surface area (Å²) in [7, 11) is 1.58. The van der Waals surface area contributed by atoms with Crippen LogP contribution >= 0.6 is 0 Å². The summed E-state index contributed by atoms with van der Waals surface area (Å²) in [4.78, 5) is 40.5. The average Bonchev–Trinajstić information content (AvgIpc) is 3.05. The highest BCUT2D eigenvalue weighted by Crippen LogP contribution is 2.34. The Morgan fingerprint density at radius 3 is 2.16 bits per heavy atom. The number of hydrogen-bond acceptors (Lipinski definition) is 6. The van der Waals surface area contributed by atoms with Gasteiger partial charge in [0.15, 0.2) is 0 Å². The number of imide groups is 1. The van der Waals surface area contributed by atoms with E-state index < -0.39 is 4.92 Å². The normalized spacial score (nSPS) is 16.8. The van der Waals surface area contributed by atoms with Gasteiger partial charge in [0.25, 0.3) is 17.5 Å². The van der Waals surface area contributed by atoms with E-state index in [0.717, 1.165) is 24.8 Å². The van der Waals surface area contributed by atoms with Crippen molar-refractivity contribution < 1.29 is 19.2 Å². The highest BCUT2D eigenvalue weighted by atomic mass is 16.6. The van der Waals surface area contributed by atoms with Gasteiger partial charge in [-0.3, -0.25) is 24.6 Å². The quantitative estimate of drug-likeness (QED) is 0.403. The molecule has 0 atom stereocenters. The molecule has 2 amide bonds. The van der Waals surface area contributed by atoms with Crippen molar-refractivity contribution in [3.63, 3.8) is 0 Å². The predicted octanol–water partition coefficient (Wildman–Crippen LogP) is 3.37. The van der Waals surface area contributed by atoms with Gasteiger partial charge in [-0.25, -0.2) is 0 Å². The van der Waals surface area contributed by atoms with Gasteiger partial charge in [0.2, 0.25) is 0 Å². The van der Waals surface area contributed by atoms with E-state index in [4.69, 9.17) is 4.74 Å². The summed E-state index contributed by atoms with van der Waals surface area (Å²) in [6, 6.07) is 13.0. The number of ether oxygens (including phenoxy) is 1. The molecule has 0 saturated carbocycles. The van der Waals surface area contributed by atoms with Crippen LogP contribution in [0.2, 0.25) is 0 Å². The molecule has 160 valence electrons. The minimum atomic E-state index is -0.485. The fourth-order valence-corrected chi connectivity index (χ4v) is 4.04. The lowest BCUT2D eigenvalue weighted by atomic mass is 10.0. The summed E-state index contributed by atoms with van der Waals surface area (Å²) >= 11 is 0. The van der Waals surface area contributed by atoms with Crippen molar-refractivity contribution in [1.29, 1.82) is 0 Å². The smallest absolute Gasteiger partial charge is 0.278 e. The molecule has 1 fully saturated rings. The number of nitro groups is 1. The molecule has 2 aromatic rings. The number of rotatable bonds is 6. The molecule has 2 heterocycles. The Morgan fingerprint density at radius 1 is 0.935 bits per heavy atom. The predicted molar refractivity (Wildman–Crippen MR) is 114 cm³/mol. The molecule has 0 bridgehead atoms. The summed E-state index contributed by atoms with van der Waals surface area (Å²) in [5.74, 6) is -0.00663. The number of non-ortho nitro benzene ring substituents is 1. The minimum absolute atomic E-state index is 0.0595. The van der Waals surface area contributed by atoms with Gasteiger partial charge in [-0.1, -0.05) is 12.1 Å². The van der Waals surface area contributed by atoms with Gasteiger partial charge in [0.1, 0.15) is 11.4 Å². The first-order valence-electron chi connectivity index (χ1n) is 10.2. The maximum Gasteiger partial charge on any atom is 0.278 e. The molecule has 0 radical (unpaired) electrons. The van der Waals surface area contributed by atoms with Gasteiger partial charge >= 0.3 is 0 Å². The van der Waals surface area contributed by atoms with Crippen LogP contribution in [0.3, 0.4) is 0 Å². The topological polar surface area (TPSA) is 93.0 Å². The number of piperidine rings is 1. The zero-order chi connectivity index (χ0) is 22.0. The number of hydrogen-bond donors (Lipinski definition) is 0. The largest absolute Gasteiger partial charge is 0.497 e. The number of nitro benzene ring substituents is 1. The van der Waals surface area contributed by atoms with E-state index in [1.165, 1.54) is 17.0 Å². The fourth-order valence-electron chi connectivity index (χ4n) is 4.04. The minimum Gasteiger partial charge on any atom is -0.497 e. The fraction of sp³-hybridized carbons (Fsp3) is 0.304. The molecule has 0 aliphatic carbocycles. The third kappa shape index (κ3) is 4.01. The van der Waals surface area contributed by atoms with Crippen LogP contribution in [0.5, 0.6) is 5.75 Å². The van der Waals surface area contributed by atoms with Crippen molar-refractivity contribution in [2.45, 2.75) is 25.8 Å². The highest BCUT2D eigenvalue weighted by Gasteiger charge is 2.41.